The first-order chi connectivity index (χ1) is 13.0. The Morgan fingerprint density at radius 3 is 2.96 bits per heavy atom. The first-order valence-electron chi connectivity index (χ1n) is 8.32. The van der Waals surface area contributed by atoms with E-state index in [-0.39, 0.29) is 18.2 Å². The zero-order valence-electron chi connectivity index (χ0n) is 15.0. The summed E-state index contributed by atoms with van der Waals surface area (Å²) in [5, 5.41) is 12.7. The number of aromatic amines is 1. The van der Waals surface area contributed by atoms with Crippen LogP contribution < -0.4 is 15.8 Å². The molecule has 0 saturated heterocycles. The maximum absolute atomic E-state index is 12.2. The van der Waals surface area contributed by atoms with E-state index in [9.17, 15) is 9.90 Å². The van der Waals surface area contributed by atoms with Crippen LogP contribution in [0.15, 0.2) is 35.1 Å². The average molecular weight is 371 g/mol. The number of carbonyl (C=O) groups is 1. The van der Waals surface area contributed by atoms with Gasteiger partial charge in [-0.3, -0.25) is 4.79 Å². The molecule has 27 heavy (non-hydrogen) atoms. The summed E-state index contributed by atoms with van der Waals surface area (Å²) in [6, 6.07) is 4.16. The number of oxazole rings is 1. The van der Waals surface area contributed by atoms with Gasteiger partial charge in [0.15, 0.2) is 11.5 Å². The zero-order valence-corrected chi connectivity index (χ0v) is 15.0. The van der Waals surface area contributed by atoms with E-state index in [2.05, 4.69) is 20.3 Å². The lowest BCUT2D eigenvalue weighted by Gasteiger charge is -2.10. The third kappa shape index (κ3) is 4.26. The molecule has 0 saturated carbocycles. The molecule has 1 amide bonds. The summed E-state index contributed by atoms with van der Waals surface area (Å²) in [4.78, 5) is 23.4. The van der Waals surface area contributed by atoms with E-state index >= 15 is 0 Å². The van der Waals surface area contributed by atoms with Crippen molar-refractivity contribution in [2.75, 3.05) is 7.11 Å². The summed E-state index contributed by atoms with van der Waals surface area (Å²) in [5.74, 6) is 0.973. The van der Waals surface area contributed by atoms with Crippen LogP contribution in [0, 0.1) is 6.92 Å². The lowest BCUT2D eigenvalue weighted by molar-refractivity contribution is -0.122. The lowest BCUT2D eigenvalue weighted by atomic mass is 10.1. The van der Waals surface area contributed by atoms with E-state index in [1.165, 1.54) is 19.5 Å². The normalized spacial score (nSPS) is 12.0. The van der Waals surface area contributed by atoms with Crippen molar-refractivity contribution in [1.82, 2.24) is 20.3 Å². The van der Waals surface area contributed by atoms with E-state index < -0.39 is 6.04 Å². The summed E-state index contributed by atoms with van der Waals surface area (Å²) in [6.07, 6.45) is 3.53. The van der Waals surface area contributed by atoms with Crippen molar-refractivity contribution in [2.45, 2.75) is 25.9 Å². The number of phenolic OH excluding ortho intramolecular Hbond substituents is 1. The van der Waals surface area contributed by atoms with Crippen LogP contribution in [-0.4, -0.2) is 39.1 Å². The fourth-order valence-electron chi connectivity index (χ4n) is 2.57. The van der Waals surface area contributed by atoms with Gasteiger partial charge in [-0.2, -0.15) is 0 Å². The second kappa shape index (κ2) is 7.92. The van der Waals surface area contributed by atoms with Crippen molar-refractivity contribution in [3.05, 3.63) is 47.9 Å². The molecule has 0 aliphatic carbocycles. The van der Waals surface area contributed by atoms with Crippen LogP contribution in [0.5, 0.6) is 11.5 Å². The van der Waals surface area contributed by atoms with Gasteiger partial charge in [-0.1, -0.05) is 0 Å². The van der Waals surface area contributed by atoms with Crippen LogP contribution in [0.25, 0.3) is 11.5 Å². The van der Waals surface area contributed by atoms with Gasteiger partial charge in [0, 0.05) is 23.9 Å². The fraction of sp³-hybridized carbons (Fsp3) is 0.278. The number of benzene rings is 1. The Labute approximate surface area is 155 Å². The van der Waals surface area contributed by atoms with E-state index in [0.717, 1.165) is 5.69 Å². The van der Waals surface area contributed by atoms with Gasteiger partial charge in [0.2, 0.25) is 11.8 Å². The number of aromatic nitrogens is 3. The van der Waals surface area contributed by atoms with Crippen LogP contribution >= 0.6 is 0 Å². The number of aromatic hydroxyl groups is 1. The fourth-order valence-corrected chi connectivity index (χ4v) is 2.57. The minimum Gasteiger partial charge on any atom is -0.504 e. The number of nitrogens with zero attached hydrogens (tertiary/aromatic N) is 2. The van der Waals surface area contributed by atoms with Crippen molar-refractivity contribution in [2.24, 2.45) is 5.73 Å². The van der Waals surface area contributed by atoms with Crippen LogP contribution in [0.4, 0.5) is 0 Å². The molecule has 0 spiro atoms. The van der Waals surface area contributed by atoms with E-state index in [4.69, 9.17) is 14.9 Å². The molecule has 142 valence electrons. The Hall–Kier alpha value is -3.33. The highest BCUT2D eigenvalue weighted by Gasteiger charge is 2.17. The molecule has 1 atom stereocenters. The number of nitrogens with one attached hydrogen (secondary N) is 2. The number of aryl methyl sites for hydroxylation is 1. The molecule has 9 heteroatoms. The second-order valence-electron chi connectivity index (χ2n) is 6.01. The number of methoxy groups -OCH3 is 1. The number of amides is 1. The standard InChI is InChI=1S/C18H21N5O4/c1-10-14(8-21-17(25)13(19)6-12-7-20-9-22-12)23-18(27-10)11-3-4-16(26-2)15(24)5-11/h3-5,7,9,13,24H,6,8,19H2,1-2H3,(H,20,22)(H,21,25)/t13-/m0/s1. The Balaban J connectivity index is 1.64. The molecule has 0 aliphatic heterocycles. The van der Waals surface area contributed by atoms with E-state index in [1.807, 2.05) is 0 Å². The first kappa shape index (κ1) is 18.5. The molecule has 1 aromatic carbocycles. The highest BCUT2D eigenvalue weighted by atomic mass is 16.5. The first-order valence-corrected chi connectivity index (χ1v) is 8.32. The third-order valence-electron chi connectivity index (χ3n) is 4.08. The molecular formula is C18H21N5O4. The zero-order chi connectivity index (χ0) is 19.4. The van der Waals surface area contributed by atoms with Crippen LogP contribution in [-0.2, 0) is 17.8 Å². The maximum atomic E-state index is 12.2. The molecule has 2 heterocycles. The van der Waals surface area contributed by atoms with Gasteiger partial charge in [0.1, 0.15) is 11.5 Å². The number of hydrogen-bond donors (Lipinski definition) is 4. The van der Waals surface area contributed by atoms with Gasteiger partial charge in [-0.15, -0.1) is 0 Å². The Morgan fingerprint density at radius 2 is 2.30 bits per heavy atom. The molecule has 0 radical (unpaired) electrons. The summed E-state index contributed by atoms with van der Waals surface area (Å²) < 4.78 is 10.7. The van der Waals surface area contributed by atoms with Crippen LogP contribution in [0.3, 0.4) is 0 Å². The lowest BCUT2D eigenvalue weighted by Crippen LogP contribution is -2.41. The number of carbonyl (C=O) groups excluding carboxylic acids is 1. The van der Waals surface area contributed by atoms with Gasteiger partial charge < -0.3 is 30.3 Å². The van der Waals surface area contributed by atoms with Crippen molar-refractivity contribution in [3.8, 4) is 23.0 Å². The van der Waals surface area contributed by atoms with Gasteiger partial charge in [-0.05, 0) is 25.1 Å². The summed E-state index contributed by atoms with van der Waals surface area (Å²) in [6.45, 7) is 1.94. The molecule has 3 aromatic rings. The van der Waals surface area contributed by atoms with E-state index in [1.54, 1.807) is 25.3 Å². The van der Waals surface area contributed by atoms with Crippen molar-refractivity contribution in [1.29, 1.82) is 0 Å². The SMILES string of the molecule is COc1ccc(-c2nc(CNC(=O)[C@@H](N)Cc3cnc[nH]3)c(C)o2)cc1O. The Bertz CT molecular complexity index is 920. The summed E-state index contributed by atoms with van der Waals surface area (Å²) in [7, 11) is 1.47. The molecule has 3 rings (SSSR count). The summed E-state index contributed by atoms with van der Waals surface area (Å²) >= 11 is 0. The van der Waals surface area contributed by atoms with Crippen molar-refractivity contribution < 1.29 is 19.1 Å². The predicted octanol–water partition coefficient (Wildman–Crippen LogP) is 1.27. The maximum Gasteiger partial charge on any atom is 0.237 e. The van der Waals surface area contributed by atoms with Gasteiger partial charge in [0.25, 0.3) is 0 Å². The molecular weight excluding hydrogens is 350 g/mol. The van der Waals surface area contributed by atoms with Gasteiger partial charge in [-0.25, -0.2) is 9.97 Å². The number of hydrogen-bond acceptors (Lipinski definition) is 7. The van der Waals surface area contributed by atoms with Crippen molar-refractivity contribution in [3.63, 3.8) is 0 Å². The van der Waals surface area contributed by atoms with Crippen LogP contribution in [0.2, 0.25) is 0 Å². The minimum atomic E-state index is -0.698. The molecule has 5 N–H and O–H groups in total. The largest absolute Gasteiger partial charge is 0.504 e. The quantitative estimate of drug-likeness (QED) is 0.490. The molecule has 0 bridgehead atoms. The molecule has 0 fully saturated rings. The Kier molecular flexibility index (Phi) is 5.41. The number of phenols is 1. The predicted molar refractivity (Wildman–Crippen MR) is 97.0 cm³/mol. The highest BCUT2D eigenvalue weighted by Crippen LogP contribution is 2.31. The monoisotopic (exact) mass is 371 g/mol. The molecule has 0 aliphatic rings. The van der Waals surface area contributed by atoms with Gasteiger partial charge >= 0.3 is 0 Å². The minimum absolute atomic E-state index is 0.00881. The number of H-pyrrole nitrogens is 1. The second-order valence-corrected chi connectivity index (χ2v) is 6.01. The number of rotatable bonds is 7. The van der Waals surface area contributed by atoms with E-state index in [0.29, 0.717) is 35.1 Å². The van der Waals surface area contributed by atoms with Gasteiger partial charge in [0.05, 0.1) is 26.0 Å². The molecule has 9 nitrogen and oxygen atoms in total. The third-order valence-corrected chi connectivity index (χ3v) is 4.08. The van der Waals surface area contributed by atoms with Crippen molar-refractivity contribution >= 4 is 5.91 Å². The Morgan fingerprint density at radius 1 is 1.48 bits per heavy atom. The smallest absolute Gasteiger partial charge is 0.237 e. The number of imidazole rings is 1. The highest BCUT2D eigenvalue weighted by molar-refractivity contribution is 5.81. The molecule has 2 aromatic heterocycles. The average Bonchev–Trinajstić information content (AvgIpc) is 3.29. The number of nitrogens with two attached hydrogens (primary N) is 1. The summed E-state index contributed by atoms with van der Waals surface area (Å²) in [5.41, 5.74) is 7.88. The molecule has 0 unspecified atom stereocenters. The number of ether oxygens (including phenoxy) is 1. The van der Waals surface area contributed by atoms with Crippen LogP contribution in [0.1, 0.15) is 17.1 Å². The topological polar surface area (TPSA) is 139 Å².